The summed E-state index contributed by atoms with van der Waals surface area (Å²) >= 11 is 0. The number of nitrogens with two attached hydrogens (primary N) is 1. The number of primary amides is 1. The highest BCUT2D eigenvalue weighted by molar-refractivity contribution is 5.79. The topological polar surface area (TPSA) is 75.4 Å². The van der Waals surface area contributed by atoms with Crippen LogP contribution in [-0.4, -0.2) is 36.0 Å². The van der Waals surface area contributed by atoms with Gasteiger partial charge < -0.3 is 16.0 Å². The van der Waals surface area contributed by atoms with Crippen molar-refractivity contribution in [3.63, 3.8) is 0 Å². The van der Waals surface area contributed by atoms with Crippen molar-refractivity contribution in [2.24, 2.45) is 11.7 Å². The van der Waals surface area contributed by atoms with E-state index in [9.17, 15) is 9.59 Å². The molecule has 2 aliphatic rings. The minimum absolute atomic E-state index is 0.0205. The zero-order valence-corrected chi connectivity index (χ0v) is 10.9. The lowest BCUT2D eigenvalue weighted by Crippen LogP contribution is -2.50. The van der Waals surface area contributed by atoms with E-state index in [-0.39, 0.29) is 17.9 Å². The SMILES string of the molecule is NC(=O)[C@H]1CCCN(C(=O)NC2CCCCC2)C1. The highest BCUT2D eigenvalue weighted by Crippen LogP contribution is 2.19. The van der Waals surface area contributed by atoms with E-state index in [1.807, 2.05) is 0 Å². The van der Waals surface area contributed by atoms with Gasteiger partial charge in [-0.15, -0.1) is 0 Å². The second-order valence-corrected chi connectivity index (χ2v) is 5.47. The molecule has 0 unspecified atom stereocenters. The van der Waals surface area contributed by atoms with Crippen LogP contribution in [0.15, 0.2) is 0 Å². The molecule has 3 amide bonds. The molecule has 1 aliphatic carbocycles. The molecule has 1 saturated heterocycles. The average Bonchev–Trinajstić information content (AvgIpc) is 2.40. The van der Waals surface area contributed by atoms with Gasteiger partial charge in [0.1, 0.15) is 0 Å². The lowest BCUT2D eigenvalue weighted by molar-refractivity contribution is -0.123. The van der Waals surface area contributed by atoms with Crippen LogP contribution in [0.4, 0.5) is 4.79 Å². The van der Waals surface area contributed by atoms with Crippen LogP contribution in [0.1, 0.15) is 44.9 Å². The molecule has 18 heavy (non-hydrogen) atoms. The second kappa shape index (κ2) is 6.07. The lowest BCUT2D eigenvalue weighted by Gasteiger charge is -2.33. The van der Waals surface area contributed by atoms with E-state index in [1.54, 1.807) is 4.90 Å². The van der Waals surface area contributed by atoms with Crippen molar-refractivity contribution in [1.29, 1.82) is 0 Å². The summed E-state index contributed by atoms with van der Waals surface area (Å²) < 4.78 is 0. The van der Waals surface area contributed by atoms with Gasteiger partial charge in [-0.1, -0.05) is 19.3 Å². The maximum absolute atomic E-state index is 12.1. The maximum Gasteiger partial charge on any atom is 0.317 e. The van der Waals surface area contributed by atoms with Crippen molar-refractivity contribution >= 4 is 11.9 Å². The fraction of sp³-hybridized carbons (Fsp3) is 0.846. The zero-order chi connectivity index (χ0) is 13.0. The Balaban J connectivity index is 1.82. The summed E-state index contributed by atoms with van der Waals surface area (Å²) in [4.78, 5) is 25.0. The molecule has 1 aliphatic heterocycles. The van der Waals surface area contributed by atoms with Crippen LogP contribution in [0, 0.1) is 5.92 Å². The average molecular weight is 253 g/mol. The Morgan fingerprint density at radius 2 is 1.78 bits per heavy atom. The van der Waals surface area contributed by atoms with Crippen LogP contribution in [0.3, 0.4) is 0 Å². The van der Waals surface area contributed by atoms with Gasteiger partial charge in [0.05, 0.1) is 5.92 Å². The number of piperidine rings is 1. The van der Waals surface area contributed by atoms with Crippen molar-refractivity contribution in [1.82, 2.24) is 10.2 Å². The summed E-state index contributed by atoms with van der Waals surface area (Å²) in [5.41, 5.74) is 5.32. The molecule has 1 saturated carbocycles. The Morgan fingerprint density at radius 3 is 2.44 bits per heavy atom. The normalized spacial score (nSPS) is 25.8. The van der Waals surface area contributed by atoms with Crippen LogP contribution >= 0.6 is 0 Å². The van der Waals surface area contributed by atoms with Crippen molar-refractivity contribution in [2.75, 3.05) is 13.1 Å². The van der Waals surface area contributed by atoms with E-state index >= 15 is 0 Å². The first kappa shape index (κ1) is 13.2. The van der Waals surface area contributed by atoms with E-state index in [2.05, 4.69) is 5.32 Å². The van der Waals surface area contributed by atoms with Gasteiger partial charge in [0.2, 0.25) is 5.91 Å². The molecule has 5 heteroatoms. The molecule has 2 fully saturated rings. The molecule has 1 heterocycles. The van der Waals surface area contributed by atoms with Crippen molar-refractivity contribution in [3.05, 3.63) is 0 Å². The number of hydrogen-bond donors (Lipinski definition) is 2. The minimum atomic E-state index is -0.287. The number of rotatable bonds is 2. The third-order valence-electron chi connectivity index (χ3n) is 4.04. The van der Waals surface area contributed by atoms with E-state index < -0.39 is 0 Å². The molecule has 5 nitrogen and oxygen atoms in total. The van der Waals surface area contributed by atoms with Crippen molar-refractivity contribution < 1.29 is 9.59 Å². The standard InChI is InChI=1S/C13H23N3O2/c14-12(17)10-5-4-8-16(9-10)13(18)15-11-6-2-1-3-7-11/h10-11H,1-9H2,(H2,14,17)(H,15,18)/t10-/m0/s1. The van der Waals surface area contributed by atoms with Gasteiger partial charge in [0.15, 0.2) is 0 Å². The number of hydrogen-bond acceptors (Lipinski definition) is 2. The largest absolute Gasteiger partial charge is 0.369 e. The molecule has 0 bridgehead atoms. The molecule has 102 valence electrons. The first-order chi connectivity index (χ1) is 8.66. The first-order valence-corrected chi connectivity index (χ1v) is 7.01. The van der Waals surface area contributed by atoms with Gasteiger partial charge in [0, 0.05) is 19.1 Å². The van der Waals surface area contributed by atoms with E-state index in [0.717, 1.165) is 32.2 Å². The van der Waals surface area contributed by atoms with Gasteiger partial charge in [-0.05, 0) is 25.7 Å². The van der Waals surface area contributed by atoms with Gasteiger partial charge in [-0.2, -0.15) is 0 Å². The summed E-state index contributed by atoms with van der Waals surface area (Å²) in [6, 6.07) is 0.299. The molecular formula is C13H23N3O2. The summed E-state index contributed by atoms with van der Waals surface area (Å²) in [7, 11) is 0. The zero-order valence-electron chi connectivity index (χ0n) is 10.9. The molecule has 0 aromatic rings. The molecule has 1 atom stereocenters. The summed E-state index contributed by atoms with van der Waals surface area (Å²) in [6.07, 6.45) is 7.52. The van der Waals surface area contributed by atoms with E-state index in [4.69, 9.17) is 5.73 Å². The second-order valence-electron chi connectivity index (χ2n) is 5.47. The molecular weight excluding hydrogens is 230 g/mol. The quantitative estimate of drug-likeness (QED) is 0.776. The fourth-order valence-corrected chi connectivity index (χ4v) is 2.91. The van der Waals surface area contributed by atoms with Crippen LogP contribution < -0.4 is 11.1 Å². The number of likely N-dealkylation sites (tertiary alicyclic amines) is 1. The minimum Gasteiger partial charge on any atom is -0.369 e. The van der Waals surface area contributed by atoms with E-state index in [1.165, 1.54) is 19.3 Å². The van der Waals surface area contributed by atoms with Gasteiger partial charge >= 0.3 is 6.03 Å². The summed E-state index contributed by atoms with van der Waals surface area (Å²) in [5, 5.41) is 3.08. The number of nitrogens with zero attached hydrogens (tertiary/aromatic N) is 1. The van der Waals surface area contributed by atoms with Crippen LogP contribution in [0.5, 0.6) is 0 Å². The number of carbonyl (C=O) groups excluding carboxylic acids is 2. The number of amides is 3. The number of nitrogens with one attached hydrogen (secondary N) is 1. The maximum atomic E-state index is 12.1. The smallest absolute Gasteiger partial charge is 0.317 e. The lowest BCUT2D eigenvalue weighted by atomic mass is 9.95. The van der Waals surface area contributed by atoms with Crippen molar-refractivity contribution in [2.45, 2.75) is 51.0 Å². The monoisotopic (exact) mass is 253 g/mol. The third-order valence-corrected chi connectivity index (χ3v) is 4.04. The predicted octanol–water partition coefficient (Wildman–Crippen LogP) is 1.23. The van der Waals surface area contributed by atoms with E-state index in [0.29, 0.717) is 12.6 Å². The Hall–Kier alpha value is -1.26. The molecule has 0 aromatic carbocycles. The van der Waals surface area contributed by atoms with Crippen LogP contribution in [0.25, 0.3) is 0 Å². The molecule has 2 rings (SSSR count). The Bertz CT molecular complexity index is 313. The van der Waals surface area contributed by atoms with Crippen LogP contribution in [0.2, 0.25) is 0 Å². The highest BCUT2D eigenvalue weighted by atomic mass is 16.2. The highest BCUT2D eigenvalue weighted by Gasteiger charge is 2.28. The molecule has 0 radical (unpaired) electrons. The summed E-state index contributed by atoms with van der Waals surface area (Å²) in [5.74, 6) is -0.457. The number of urea groups is 1. The third kappa shape index (κ3) is 3.37. The Labute approximate surface area is 108 Å². The molecule has 0 spiro atoms. The predicted molar refractivity (Wildman–Crippen MR) is 68.9 cm³/mol. The molecule has 0 aromatic heterocycles. The first-order valence-electron chi connectivity index (χ1n) is 7.01. The van der Waals surface area contributed by atoms with Gasteiger partial charge in [0.25, 0.3) is 0 Å². The summed E-state index contributed by atoms with van der Waals surface area (Å²) in [6.45, 7) is 1.22. The van der Waals surface area contributed by atoms with Crippen molar-refractivity contribution in [3.8, 4) is 0 Å². The Morgan fingerprint density at radius 1 is 1.06 bits per heavy atom. The number of carbonyl (C=O) groups is 2. The Kier molecular flexibility index (Phi) is 4.44. The van der Waals surface area contributed by atoms with Gasteiger partial charge in [-0.3, -0.25) is 4.79 Å². The molecule has 3 N–H and O–H groups in total. The fourth-order valence-electron chi connectivity index (χ4n) is 2.91. The van der Waals surface area contributed by atoms with Gasteiger partial charge in [-0.25, -0.2) is 4.79 Å². The van der Waals surface area contributed by atoms with Crippen LogP contribution in [-0.2, 0) is 4.79 Å².